The number of anilines is 1. The molecule has 43 heavy (non-hydrogen) atoms. The van der Waals surface area contributed by atoms with Crippen LogP contribution in [0.2, 0.25) is 0 Å². The van der Waals surface area contributed by atoms with Gasteiger partial charge in [-0.15, -0.1) is 11.8 Å². The summed E-state index contributed by atoms with van der Waals surface area (Å²) >= 11 is 1.52. The molecule has 0 fully saturated rings. The fraction of sp³-hybridized carbons (Fsp3) is 0.312. The van der Waals surface area contributed by atoms with E-state index in [1.165, 1.54) is 11.8 Å². The molecule has 222 valence electrons. The third-order valence-electron chi connectivity index (χ3n) is 7.31. The third kappa shape index (κ3) is 5.77. The normalized spacial score (nSPS) is 16.0. The van der Waals surface area contributed by atoms with E-state index < -0.39 is 0 Å². The van der Waals surface area contributed by atoms with Crippen LogP contribution < -0.4 is 24.4 Å². The summed E-state index contributed by atoms with van der Waals surface area (Å²) in [5.41, 5.74) is 3.78. The Labute approximate surface area is 254 Å². The number of hydrogen-bond donors (Lipinski definition) is 1. The Morgan fingerprint density at radius 1 is 1.09 bits per heavy atom. The molecule has 0 aliphatic carbocycles. The number of rotatable bonds is 7. The summed E-state index contributed by atoms with van der Waals surface area (Å²) in [5, 5.41) is 7.80. The predicted octanol–water partition coefficient (Wildman–Crippen LogP) is 4.79. The summed E-state index contributed by atoms with van der Waals surface area (Å²) in [6, 6.07) is 18.9. The lowest BCUT2D eigenvalue weighted by atomic mass is 9.87. The molecule has 0 saturated carbocycles. The van der Waals surface area contributed by atoms with Crippen LogP contribution in [0.15, 0.2) is 66.9 Å². The van der Waals surface area contributed by atoms with Gasteiger partial charge in [-0.1, -0.05) is 32.9 Å². The Hall–Kier alpha value is -4.51. The van der Waals surface area contributed by atoms with Gasteiger partial charge in [0.2, 0.25) is 18.6 Å². The molecule has 11 heteroatoms. The van der Waals surface area contributed by atoms with Gasteiger partial charge in [0.25, 0.3) is 0 Å². The van der Waals surface area contributed by atoms with Crippen molar-refractivity contribution in [3.8, 4) is 22.9 Å². The molecule has 0 radical (unpaired) electrons. The number of thioether (sulfide) groups is 1. The van der Waals surface area contributed by atoms with E-state index in [1.807, 2.05) is 60.7 Å². The van der Waals surface area contributed by atoms with Crippen LogP contribution in [0, 0.1) is 0 Å². The van der Waals surface area contributed by atoms with Gasteiger partial charge in [0.05, 0.1) is 41.7 Å². The van der Waals surface area contributed by atoms with Crippen molar-refractivity contribution in [3.63, 3.8) is 0 Å². The number of hydrogen-bond acceptors (Lipinski definition) is 8. The Bertz CT molecular complexity index is 1650. The highest BCUT2D eigenvalue weighted by Crippen LogP contribution is 2.50. The molecular formula is C32H33N5O5S. The van der Waals surface area contributed by atoms with Crippen molar-refractivity contribution in [2.75, 3.05) is 31.1 Å². The molecule has 4 aromatic rings. The summed E-state index contributed by atoms with van der Waals surface area (Å²) < 4.78 is 18.4. The second kappa shape index (κ2) is 11.6. The number of fused-ring (bicyclic) bond motifs is 2. The molecule has 4 heterocycles. The quantitative estimate of drug-likeness (QED) is 0.323. The van der Waals surface area contributed by atoms with Gasteiger partial charge in [0.15, 0.2) is 11.5 Å². The lowest BCUT2D eigenvalue weighted by Gasteiger charge is -2.24. The zero-order chi connectivity index (χ0) is 30.1. The van der Waals surface area contributed by atoms with Gasteiger partial charge in [-0.05, 0) is 54.1 Å². The van der Waals surface area contributed by atoms with E-state index in [2.05, 4.69) is 31.1 Å². The first-order chi connectivity index (χ1) is 20.7. The van der Waals surface area contributed by atoms with Crippen LogP contribution in [0.3, 0.4) is 0 Å². The molecule has 2 aromatic heterocycles. The number of aromatic nitrogens is 3. The lowest BCUT2D eigenvalue weighted by Crippen LogP contribution is -2.42. The Kier molecular flexibility index (Phi) is 7.74. The molecule has 0 unspecified atom stereocenters. The van der Waals surface area contributed by atoms with E-state index >= 15 is 0 Å². The minimum absolute atomic E-state index is 0.168. The summed E-state index contributed by atoms with van der Waals surface area (Å²) in [5.74, 6) is 2.33. The number of benzene rings is 2. The minimum Gasteiger partial charge on any atom is -0.497 e. The number of nitrogens with zero attached hydrogens (tertiary/aromatic N) is 4. The smallest absolute Gasteiger partial charge is 0.240 e. The largest absolute Gasteiger partial charge is 0.497 e. The Balaban J connectivity index is 1.48. The number of methoxy groups -OCH3 is 1. The molecule has 0 spiro atoms. The van der Waals surface area contributed by atoms with Crippen molar-refractivity contribution in [2.45, 2.75) is 38.0 Å². The monoisotopic (exact) mass is 599 g/mol. The highest BCUT2D eigenvalue weighted by Gasteiger charge is 2.40. The minimum atomic E-state index is -0.378. The van der Waals surface area contributed by atoms with E-state index in [-0.39, 0.29) is 48.1 Å². The Morgan fingerprint density at radius 2 is 1.88 bits per heavy atom. The summed E-state index contributed by atoms with van der Waals surface area (Å²) in [6.45, 7) is 6.57. The molecule has 2 aliphatic rings. The first-order valence-corrected chi connectivity index (χ1v) is 15.0. The highest BCUT2D eigenvalue weighted by atomic mass is 32.2. The number of ether oxygens (including phenoxy) is 3. The number of amides is 2. The topological polar surface area (TPSA) is 108 Å². The van der Waals surface area contributed by atoms with E-state index in [0.717, 1.165) is 28.2 Å². The van der Waals surface area contributed by atoms with Crippen LogP contribution in [-0.2, 0) is 21.5 Å². The van der Waals surface area contributed by atoms with Gasteiger partial charge >= 0.3 is 0 Å². The van der Waals surface area contributed by atoms with Crippen molar-refractivity contribution in [1.82, 2.24) is 20.1 Å². The van der Waals surface area contributed by atoms with Crippen LogP contribution >= 0.6 is 11.8 Å². The number of pyridine rings is 1. The molecule has 0 saturated heterocycles. The second-order valence-electron chi connectivity index (χ2n) is 11.3. The van der Waals surface area contributed by atoms with Gasteiger partial charge in [0, 0.05) is 17.2 Å². The average molecular weight is 600 g/mol. The van der Waals surface area contributed by atoms with Crippen molar-refractivity contribution in [2.24, 2.45) is 0 Å². The molecule has 1 N–H and O–H groups in total. The number of nitrogens with one attached hydrogen (secondary N) is 1. The zero-order valence-corrected chi connectivity index (χ0v) is 25.3. The van der Waals surface area contributed by atoms with Gasteiger partial charge in [-0.25, -0.2) is 4.68 Å². The molecular weight excluding hydrogens is 566 g/mol. The van der Waals surface area contributed by atoms with Crippen LogP contribution in [0.5, 0.6) is 17.2 Å². The van der Waals surface area contributed by atoms with Crippen LogP contribution in [-0.4, -0.2) is 52.8 Å². The maximum Gasteiger partial charge on any atom is 0.240 e. The van der Waals surface area contributed by atoms with E-state index in [1.54, 1.807) is 22.9 Å². The van der Waals surface area contributed by atoms with Crippen LogP contribution in [0.4, 0.5) is 5.82 Å². The van der Waals surface area contributed by atoms with Crippen molar-refractivity contribution in [1.29, 1.82) is 0 Å². The first-order valence-electron chi connectivity index (χ1n) is 14.0. The number of carbonyl (C=O) groups excluding carboxylic acids is 2. The van der Waals surface area contributed by atoms with Crippen molar-refractivity contribution < 1.29 is 23.8 Å². The summed E-state index contributed by atoms with van der Waals surface area (Å²) in [6.07, 6.45) is 1.68. The third-order valence-corrected chi connectivity index (χ3v) is 8.57. The van der Waals surface area contributed by atoms with Gasteiger partial charge in [-0.3, -0.25) is 19.5 Å². The van der Waals surface area contributed by atoms with Crippen LogP contribution in [0.1, 0.15) is 48.5 Å². The zero-order valence-electron chi connectivity index (χ0n) is 24.5. The fourth-order valence-corrected chi connectivity index (χ4v) is 6.40. The van der Waals surface area contributed by atoms with Crippen molar-refractivity contribution in [3.05, 3.63) is 89.4 Å². The van der Waals surface area contributed by atoms with E-state index in [0.29, 0.717) is 23.1 Å². The standard InChI is InChI=1S/C32H33N5O5S/c1-32(2,3)30-28-29(20-8-13-24-25(15-20)42-19-41-24)43-18-27(39)36(17-26(38)34-16-21-7-5-6-14-33-21)31(28)37(35-30)22-9-11-23(40-4)12-10-22/h5-15,29H,16-19H2,1-4H3,(H,34,38)/t29-/m0/s1. The average Bonchev–Trinajstić information content (AvgIpc) is 3.61. The lowest BCUT2D eigenvalue weighted by molar-refractivity contribution is -0.123. The van der Waals surface area contributed by atoms with Crippen LogP contribution in [0.25, 0.3) is 5.69 Å². The maximum absolute atomic E-state index is 13.9. The number of carbonyl (C=O) groups is 2. The van der Waals surface area contributed by atoms with Gasteiger partial charge < -0.3 is 19.5 Å². The summed E-state index contributed by atoms with van der Waals surface area (Å²) in [7, 11) is 1.61. The van der Waals surface area contributed by atoms with Gasteiger partial charge in [-0.2, -0.15) is 5.10 Å². The molecule has 2 aromatic carbocycles. The van der Waals surface area contributed by atoms with Gasteiger partial charge in [0.1, 0.15) is 18.1 Å². The SMILES string of the molecule is COc1ccc(-n2nc(C(C)(C)C)c3c2N(CC(=O)NCc2ccccn2)C(=O)CS[C@H]3c2ccc3c(c2)OCO3)cc1. The van der Waals surface area contributed by atoms with Crippen molar-refractivity contribution >= 4 is 29.4 Å². The molecule has 6 rings (SSSR count). The predicted molar refractivity (Wildman–Crippen MR) is 164 cm³/mol. The fourth-order valence-electron chi connectivity index (χ4n) is 5.21. The second-order valence-corrected chi connectivity index (χ2v) is 12.4. The molecule has 2 amide bonds. The summed E-state index contributed by atoms with van der Waals surface area (Å²) in [4.78, 5) is 33.1. The molecule has 2 aliphatic heterocycles. The molecule has 0 bridgehead atoms. The molecule has 10 nitrogen and oxygen atoms in total. The molecule has 1 atom stereocenters. The van der Waals surface area contributed by atoms with E-state index in [9.17, 15) is 9.59 Å². The van der Waals surface area contributed by atoms with E-state index in [4.69, 9.17) is 19.3 Å². The first kappa shape index (κ1) is 28.6. The maximum atomic E-state index is 13.9. The Morgan fingerprint density at radius 3 is 2.60 bits per heavy atom. The highest BCUT2D eigenvalue weighted by molar-refractivity contribution is 8.00.